The number of nitrogens with one attached hydrogen (secondary N) is 1. The van der Waals surface area contributed by atoms with E-state index < -0.39 is 6.04 Å². The zero-order valence-electron chi connectivity index (χ0n) is 16.3. The SMILES string of the molecule is Cc1ccccc1[C@@H](C(=O)NC1CCCCC1)N(C(=O)CCl)C1CCCC1. The summed E-state index contributed by atoms with van der Waals surface area (Å²) in [6.07, 6.45) is 9.71. The van der Waals surface area contributed by atoms with Gasteiger partial charge in [0.1, 0.15) is 11.9 Å². The third-order valence-electron chi connectivity index (χ3n) is 6.08. The lowest BCUT2D eigenvalue weighted by Gasteiger charge is -2.37. The first kappa shape index (κ1) is 20.2. The molecule has 0 aromatic heterocycles. The summed E-state index contributed by atoms with van der Waals surface area (Å²) in [4.78, 5) is 28.1. The van der Waals surface area contributed by atoms with Gasteiger partial charge in [-0.25, -0.2) is 0 Å². The number of hydrogen-bond acceptors (Lipinski definition) is 2. The van der Waals surface area contributed by atoms with E-state index in [9.17, 15) is 9.59 Å². The number of carbonyl (C=O) groups is 2. The summed E-state index contributed by atoms with van der Waals surface area (Å²) in [5.74, 6) is -0.285. The number of amides is 2. The van der Waals surface area contributed by atoms with Crippen LogP contribution in [0.3, 0.4) is 0 Å². The van der Waals surface area contributed by atoms with Crippen LogP contribution in [0.1, 0.15) is 75.0 Å². The zero-order valence-corrected chi connectivity index (χ0v) is 17.0. The first-order chi connectivity index (χ1) is 13.1. The van der Waals surface area contributed by atoms with E-state index in [1.54, 1.807) is 4.90 Å². The number of hydrogen-bond donors (Lipinski definition) is 1. The molecule has 27 heavy (non-hydrogen) atoms. The van der Waals surface area contributed by atoms with Gasteiger partial charge in [-0.05, 0) is 43.7 Å². The lowest BCUT2D eigenvalue weighted by atomic mass is 9.93. The van der Waals surface area contributed by atoms with Crippen LogP contribution < -0.4 is 5.32 Å². The third-order valence-corrected chi connectivity index (χ3v) is 6.31. The molecule has 0 heterocycles. The molecule has 2 saturated carbocycles. The highest BCUT2D eigenvalue weighted by Crippen LogP contribution is 2.33. The second-order valence-corrected chi connectivity index (χ2v) is 8.24. The Morgan fingerprint density at radius 3 is 2.33 bits per heavy atom. The standard InChI is InChI=1S/C22H31ClN2O2/c1-16-9-5-8-14-19(16)21(22(27)24-17-10-3-2-4-11-17)25(20(26)15-23)18-12-6-7-13-18/h5,8-9,14,17-18,21H,2-4,6-7,10-13,15H2,1H3,(H,24,27)/t21-/m0/s1. The molecule has 0 bridgehead atoms. The van der Waals surface area contributed by atoms with Gasteiger partial charge in [-0.15, -0.1) is 11.6 Å². The molecule has 1 atom stereocenters. The molecule has 0 aliphatic heterocycles. The van der Waals surface area contributed by atoms with Gasteiger partial charge in [-0.1, -0.05) is 56.4 Å². The summed E-state index contributed by atoms with van der Waals surface area (Å²) in [5, 5.41) is 3.25. The first-order valence-electron chi connectivity index (χ1n) is 10.3. The van der Waals surface area contributed by atoms with E-state index in [0.29, 0.717) is 0 Å². The fraction of sp³-hybridized carbons (Fsp3) is 0.636. The predicted molar refractivity (Wildman–Crippen MR) is 109 cm³/mol. The summed E-state index contributed by atoms with van der Waals surface area (Å²) < 4.78 is 0. The van der Waals surface area contributed by atoms with Crippen LogP contribution in [0.15, 0.2) is 24.3 Å². The van der Waals surface area contributed by atoms with Crippen molar-refractivity contribution in [3.63, 3.8) is 0 Å². The van der Waals surface area contributed by atoms with Crippen molar-refractivity contribution in [2.45, 2.75) is 82.8 Å². The molecule has 2 fully saturated rings. The topological polar surface area (TPSA) is 49.4 Å². The molecule has 5 heteroatoms. The maximum Gasteiger partial charge on any atom is 0.247 e. The Hall–Kier alpha value is -1.55. The highest BCUT2D eigenvalue weighted by atomic mass is 35.5. The summed E-state index contributed by atoms with van der Waals surface area (Å²) in [7, 11) is 0. The van der Waals surface area contributed by atoms with Crippen LogP contribution in [0.2, 0.25) is 0 Å². The lowest BCUT2D eigenvalue weighted by molar-refractivity contribution is -0.142. The van der Waals surface area contributed by atoms with Gasteiger partial charge in [0, 0.05) is 12.1 Å². The Morgan fingerprint density at radius 1 is 1.07 bits per heavy atom. The largest absolute Gasteiger partial charge is 0.351 e. The molecule has 148 valence electrons. The van der Waals surface area contributed by atoms with Gasteiger partial charge in [-0.2, -0.15) is 0 Å². The van der Waals surface area contributed by atoms with Crippen LogP contribution in [0.5, 0.6) is 0 Å². The molecule has 0 radical (unpaired) electrons. The van der Waals surface area contributed by atoms with Crippen LogP contribution in [0, 0.1) is 6.92 Å². The van der Waals surface area contributed by atoms with Crippen molar-refractivity contribution < 1.29 is 9.59 Å². The third kappa shape index (κ3) is 4.84. The van der Waals surface area contributed by atoms with Gasteiger partial charge in [0.05, 0.1) is 0 Å². The normalized spacial score (nSPS) is 19.6. The molecule has 4 nitrogen and oxygen atoms in total. The molecule has 1 aromatic carbocycles. The zero-order chi connectivity index (χ0) is 19.2. The minimum Gasteiger partial charge on any atom is -0.351 e. The smallest absolute Gasteiger partial charge is 0.247 e. The summed E-state index contributed by atoms with van der Waals surface area (Å²) in [6.45, 7) is 2.01. The molecular weight excluding hydrogens is 360 g/mol. The van der Waals surface area contributed by atoms with Crippen molar-refractivity contribution in [2.75, 3.05) is 5.88 Å². The molecule has 3 rings (SSSR count). The van der Waals surface area contributed by atoms with E-state index in [1.807, 2.05) is 31.2 Å². The Kier molecular flexibility index (Phi) is 7.17. The number of benzene rings is 1. The number of aryl methyl sites for hydroxylation is 1. The van der Waals surface area contributed by atoms with E-state index in [2.05, 4.69) is 5.32 Å². The number of carbonyl (C=O) groups excluding carboxylic acids is 2. The summed E-state index contributed by atoms with van der Waals surface area (Å²) in [5.41, 5.74) is 1.95. The second-order valence-electron chi connectivity index (χ2n) is 7.98. The molecule has 2 aliphatic rings. The minimum atomic E-state index is -0.595. The first-order valence-corrected chi connectivity index (χ1v) is 10.9. The number of rotatable bonds is 6. The van der Waals surface area contributed by atoms with Crippen LogP contribution in [-0.2, 0) is 9.59 Å². The molecule has 0 unspecified atom stereocenters. The molecule has 0 spiro atoms. The number of alkyl halides is 1. The lowest BCUT2D eigenvalue weighted by Crippen LogP contribution is -2.50. The molecule has 1 aromatic rings. The van der Waals surface area contributed by atoms with Crippen LogP contribution >= 0.6 is 11.6 Å². The Morgan fingerprint density at radius 2 is 1.70 bits per heavy atom. The molecular formula is C22H31ClN2O2. The van der Waals surface area contributed by atoms with Crippen molar-refractivity contribution in [3.05, 3.63) is 35.4 Å². The average Bonchev–Trinajstić information content (AvgIpc) is 3.21. The Labute approximate surface area is 167 Å². The van der Waals surface area contributed by atoms with E-state index in [1.165, 1.54) is 6.42 Å². The fourth-order valence-corrected chi connectivity index (χ4v) is 4.79. The van der Waals surface area contributed by atoms with Gasteiger partial charge in [0.15, 0.2) is 0 Å². The van der Waals surface area contributed by atoms with Crippen LogP contribution in [-0.4, -0.2) is 34.7 Å². The monoisotopic (exact) mass is 390 g/mol. The summed E-state index contributed by atoms with van der Waals surface area (Å²) in [6, 6.07) is 7.62. The van der Waals surface area contributed by atoms with E-state index >= 15 is 0 Å². The number of nitrogens with zero attached hydrogens (tertiary/aromatic N) is 1. The van der Waals surface area contributed by atoms with E-state index in [4.69, 9.17) is 11.6 Å². The molecule has 2 aliphatic carbocycles. The quantitative estimate of drug-likeness (QED) is 0.727. The van der Waals surface area contributed by atoms with Crippen molar-refractivity contribution in [1.29, 1.82) is 0 Å². The number of halogens is 1. The minimum absolute atomic E-state index is 0.0541. The highest BCUT2D eigenvalue weighted by Gasteiger charge is 2.38. The Bertz CT molecular complexity index is 651. The van der Waals surface area contributed by atoms with Gasteiger partial charge in [0.2, 0.25) is 11.8 Å². The molecule has 2 amide bonds. The van der Waals surface area contributed by atoms with Gasteiger partial charge < -0.3 is 10.2 Å². The molecule has 1 N–H and O–H groups in total. The van der Waals surface area contributed by atoms with Crippen molar-refractivity contribution in [3.8, 4) is 0 Å². The fourth-order valence-electron chi connectivity index (χ4n) is 4.65. The van der Waals surface area contributed by atoms with Crippen LogP contribution in [0.25, 0.3) is 0 Å². The molecule has 0 saturated heterocycles. The van der Waals surface area contributed by atoms with E-state index in [-0.39, 0.29) is 29.8 Å². The average molecular weight is 391 g/mol. The van der Waals surface area contributed by atoms with Crippen molar-refractivity contribution in [2.24, 2.45) is 0 Å². The predicted octanol–water partition coefficient (Wildman–Crippen LogP) is 4.50. The maximum absolute atomic E-state index is 13.4. The van der Waals surface area contributed by atoms with Gasteiger partial charge >= 0.3 is 0 Å². The van der Waals surface area contributed by atoms with Gasteiger partial charge in [0.25, 0.3) is 0 Å². The highest BCUT2D eigenvalue weighted by molar-refractivity contribution is 6.27. The van der Waals surface area contributed by atoms with Gasteiger partial charge in [-0.3, -0.25) is 9.59 Å². The Balaban J connectivity index is 1.93. The maximum atomic E-state index is 13.4. The van der Waals surface area contributed by atoms with Crippen molar-refractivity contribution >= 4 is 23.4 Å². The van der Waals surface area contributed by atoms with Crippen LogP contribution in [0.4, 0.5) is 0 Å². The van der Waals surface area contributed by atoms with E-state index in [0.717, 1.165) is 62.5 Å². The summed E-state index contributed by atoms with van der Waals surface area (Å²) >= 11 is 5.97. The van der Waals surface area contributed by atoms with Crippen molar-refractivity contribution in [1.82, 2.24) is 10.2 Å². The second kappa shape index (κ2) is 9.59.